The summed E-state index contributed by atoms with van der Waals surface area (Å²) in [6, 6.07) is 0.939. The molecule has 2 amide bonds. The van der Waals surface area contributed by atoms with Gasteiger partial charge in [0.25, 0.3) is 0 Å². The van der Waals surface area contributed by atoms with E-state index in [1.165, 1.54) is 4.90 Å². The lowest BCUT2D eigenvalue weighted by Crippen LogP contribution is -2.46. The number of nitrogens with zero attached hydrogens (tertiary/aromatic N) is 1. The van der Waals surface area contributed by atoms with E-state index in [0.29, 0.717) is 13.2 Å². The number of carbonyl (C=O) groups is 2. The van der Waals surface area contributed by atoms with E-state index in [1.807, 2.05) is 0 Å². The largest absolute Gasteiger partial charge is 0.449 e. The van der Waals surface area contributed by atoms with Crippen molar-refractivity contribution in [1.29, 1.82) is 0 Å². The zero-order chi connectivity index (χ0) is 16.2. The first-order chi connectivity index (χ1) is 10.3. The van der Waals surface area contributed by atoms with Gasteiger partial charge in [-0.2, -0.15) is 0 Å². The Bertz CT molecular complexity index is 455. The van der Waals surface area contributed by atoms with Crippen LogP contribution in [0.1, 0.15) is 38.5 Å². The monoisotopic (exact) mass is 323 g/mol. The lowest BCUT2D eigenvalue weighted by molar-refractivity contribution is -0.140. The number of allylic oxidation sites excluding steroid dienone is 2. The first-order valence-corrected chi connectivity index (χ1v) is 12.2. The van der Waals surface area contributed by atoms with Gasteiger partial charge in [-0.05, 0) is 38.1 Å². The molecule has 1 heterocycles. The van der Waals surface area contributed by atoms with E-state index in [1.54, 1.807) is 0 Å². The van der Waals surface area contributed by atoms with Crippen LogP contribution in [0.3, 0.4) is 0 Å². The number of ether oxygens (including phenoxy) is 1. The molecule has 0 radical (unpaired) electrons. The van der Waals surface area contributed by atoms with E-state index in [9.17, 15) is 9.59 Å². The van der Waals surface area contributed by atoms with Gasteiger partial charge in [-0.15, -0.1) is 0 Å². The average Bonchev–Trinajstić information content (AvgIpc) is 2.60. The van der Waals surface area contributed by atoms with Crippen molar-refractivity contribution in [3.05, 3.63) is 12.2 Å². The average molecular weight is 324 g/mol. The van der Waals surface area contributed by atoms with Gasteiger partial charge < -0.3 is 4.74 Å². The molecule has 22 heavy (non-hydrogen) atoms. The first-order valence-electron chi connectivity index (χ1n) is 8.48. The van der Waals surface area contributed by atoms with Gasteiger partial charge in [0.15, 0.2) is 0 Å². The van der Waals surface area contributed by atoms with Crippen LogP contribution in [0.5, 0.6) is 0 Å². The van der Waals surface area contributed by atoms with Gasteiger partial charge in [0.05, 0.1) is 12.0 Å². The second-order valence-electron chi connectivity index (χ2n) is 7.83. The fourth-order valence-corrected chi connectivity index (χ4v) is 3.95. The van der Waals surface area contributed by atoms with Crippen LogP contribution in [0.2, 0.25) is 25.7 Å². The molecular formula is C17H29NO3Si. The Labute approximate surface area is 134 Å². The van der Waals surface area contributed by atoms with E-state index >= 15 is 0 Å². The predicted molar refractivity (Wildman–Crippen MR) is 90.5 cm³/mol. The normalized spacial score (nSPS) is 26.1. The summed E-state index contributed by atoms with van der Waals surface area (Å²) in [6.07, 6.45) is 9.17. The molecule has 2 rings (SSSR count). The summed E-state index contributed by atoms with van der Waals surface area (Å²) in [5, 5.41) is 0. The van der Waals surface area contributed by atoms with E-state index in [0.717, 1.165) is 44.6 Å². The van der Waals surface area contributed by atoms with Crippen LogP contribution in [0.4, 0.5) is 4.79 Å². The lowest BCUT2D eigenvalue weighted by atomic mass is 9.73. The molecule has 0 aromatic heterocycles. The highest BCUT2D eigenvalue weighted by Gasteiger charge is 2.44. The minimum Gasteiger partial charge on any atom is -0.449 e. The van der Waals surface area contributed by atoms with Crippen molar-refractivity contribution in [2.45, 2.75) is 64.2 Å². The number of carbonyl (C=O) groups excluding carboxylic acids is 2. The fraction of sp³-hybridized carbons (Fsp3) is 0.765. The van der Waals surface area contributed by atoms with Crippen molar-refractivity contribution < 1.29 is 14.3 Å². The molecule has 1 spiro atoms. The number of hydrogen-bond acceptors (Lipinski definition) is 3. The minimum absolute atomic E-state index is 0.00708. The Balaban J connectivity index is 2.00. The smallest absolute Gasteiger partial charge is 0.416 e. The van der Waals surface area contributed by atoms with E-state index in [2.05, 4.69) is 31.8 Å². The van der Waals surface area contributed by atoms with Crippen LogP contribution in [-0.4, -0.2) is 38.1 Å². The Morgan fingerprint density at radius 3 is 2.68 bits per heavy atom. The highest BCUT2D eigenvalue weighted by molar-refractivity contribution is 6.76. The summed E-state index contributed by atoms with van der Waals surface area (Å²) in [7, 11) is -1.23. The summed E-state index contributed by atoms with van der Waals surface area (Å²) in [6.45, 7) is 7.70. The molecule has 5 heteroatoms. The standard InChI is InChI=1S/C17H29NO3Si/c1-22(2,3)14-13-21-16(20)18-12-8-7-11-17(15(18)19)9-5-4-6-10-17/h4-5H,6-14H2,1-3H3. The molecular weight excluding hydrogens is 294 g/mol. The van der Waals surface area contributed by atoms with Gasteiger partial charge in [0.1, 0.15) is 0 Å². The highest BCUT2D eigenvalue weighted by Crippen LogP contribution is 2.41. The molecule has 0 aromatic carbocycles. The SMILES string of the molecule is C[Si](C)(C)CCOC(=O)N1CCCCC2(CC=CCC2)C1=O. The van der Waals surface area contributed by atoms with E-state index in [4.69, 9.17) is 4.74 Å². The number of hydrogen-bond donors (Lipinski definition) is 0. The number of amides is 2. The molecule has 2 aliphatic rings. The van der Waals surface area contributed by atoms with Crippen LogP contribution in [0, 0.1) is 5.41 Å². The van der Waals surface area contributed by atoms with E-state index < -0.39 is 14.2 Å². The zero-order valence-corrected chi connectivity index (χ0v) is 15.2. The molecule has 1 unspecified atom stereocenters. The van der Waals surface area contributed by atoms with Gasteiger partial charge in [-0.25, -0.2) is 9.69 Å². The van der Waals surface area contributed by atoms with Crippen LogP contribution < -0.4 is 0 Å². The molecule has 1 aliphatic heterocycles. The van der Waals surface area contributed by atoms with Crippen molar-refractivity contribution in [3.8, 4) is 0 Å². The molecule has 124 valence electrons. The number of likely N-dealkylation sites (tertiary alicyclic amines) is 1. The second-order valence-corrected chi connectivity index (χ2v) is 13.5. The van der Waals surface area contributed by atoms with Crippen LogP contribution in [0.25, 0.3) is 0 Å². The maximum absolute atomic E-state index is 12.9. The molecule has 0 N–H and O–H groups in total. The number of rotatable bonds is 3. The second kappa shape index (κ2) is 6.98. The highest BCUT2D eigenvalue weighted by atomic mass is 28.3. The molecule has 0 bridgehead atoms. The van der Waals surface area contributed by atoms with Crippen molar-refractivity contribution in [1.82, 2.24) is 4.90 Å². The Morgan fingerprint density at radius 1 is 1.27 bits per heavy atom. The molecule has 0 aromatic rings. The summed E-state index contributed by atoms with van der Waals surface area (Å²) >= 11 is 0. The molecule has 1 atom stereocenters. The summed E-state index contributed by atoms with van der Waals surface area (Å²) in [5.41, 5.74) is -0.358. The Morgan fingerprint density at radius 2 is 2.05 bits per heavy atom. The van der Waals surface area contributed by atoms with Gasteiger partial charge in [-0.3, -0.25) is 4.79 Å². The predicted octanol–water partition coefficient (Wildman–Crippen LogP) is 4.20. The van der Waals surface area contributed by atoms with Crippen molar-refractivity contribution in [2.24, 2.45) is 5.41 Å². The summed E-state index contributed by atoms with van der Waals surface area (Å²) in [5.74, 6) is -0.00708. The molecule has 1 saturated heterocycles. The Kier molecular flexibility index (Phi) is 5.48. The summed E-state index contributed by atoms with van der Waals surface area (Å²) < 4.78 is 5.40. The topological polar surface area (TPSA) is 46.6 Å². The van der Waals surface area contributed by atoms with Crippen LogP contribution in [-0.2, 0) is 9.53 Å². The third-order valence-corrected chi connectivity index (χ3v) is 6.45. The third-order valence-electron chi connectivity index (χ3n) is 4.75. The van der Waals surface area contributed by atoms with Gasteiger partial charge in [-0.1, -0.05) is 38.2 Å². The third kappa shape index (κ3) is 4.21. The molecule has 0 saturated carbocycles. The van der Waals surface area contributed by atoms with Gasteiger partial charge >= 0.3 is 6.09 Å². The lowest BCUT2D eigenvalue weighted by Gasteiger charge is -2.34. The van der Waals surface area contributed by atoms with Gasteiger partial charge in [0, 0.05) is 14.6 Å². The Hall–Kier alpha value is -1.10. The molecule has 1 aliphatic carbocycles. The zero-order valence-electron chi connectivity index (χ0n) is 14.2. The number of imide groups is 1. The fourth-order valence-electron chi connectivity index (χ4n) is 3.23. The molecule has 1 fully saturated rings. The molecule has 4 nitrogen and oxygen atoms in total. The maximum Gasteiger partial charge on any atom is 0.416 e. The van der Waals surface area contributed by atoms with Crippen LogP contribution >= 0.6 is 0 Å². The maximum atomic E-state index is 12.9. The quantitative estimate of drug-likeness (QED) is 0.577. The van der Waals surface area contributed by atoms with Gasteiger partial charge in [0.2, 0.25) is 5.91 Å². The van der Waals surface area contributed by atoms with Crippen molar-refractivity contribution in [3.63, 3.8) is 0 Å². The first kappa shape index (κ1) is 17.3. The van der Waals surface area contributed by atoms with Crippen molar-refractivity contribution in [2.75, 3.05) is 13.2 Å². The van der Waals surface area contributed by atoms with Crippen LogP contribution in [0.15, 0.2) is 12.2 Å². The minimum atomic E-state index is -1.23. The van der Waals surface area contributed by atoms with Crippen molar-refractivity contribution >= 4 is 20.1 Å². The summed E-state index contributed by atoms with van der Waals surface area (Å²) in [4.78, 5) is 26.7. The van der Waals surface area contributed by atoms with E-state index in [-0.39, 0.29) is 11.3 Å².